The van der Waals surface area contributed by atoms with Gasteiger partial charge in [0.05, 0.1) is 4.47 Å². The van der Waals surface area contributed by atoms with Crippen LogP contribution < -0.4 is 0 Å². The number of aliphatic imine (C=N–C) groups is 1. The molecule has 0 amide bonds. The van der Waals surface area contributed by atoms with Crippen molar-refractivity contribution in [3.05, 3.63) is 51.7 Å². The molecule has 0 aliphatic heterocycles. The molecule has 0 bridgehead atoms. The van der Waals surface area contributed by atoms with E-state index in [1.807, 2.05) is 6.07 Å². The average molecular weight is 386 g/mol. The number of rotatable bonds is 2. The Morgan fingerprint density at radius 3 is 2.75 bits per heavy atom. The first-order valence-electron chi connectivity index (χ1n) is 7.93. The van der Waals surface area contributed by atoms with Crippen molar-refractivity contribution >= 4 is 38.8 Å². The van der Waals surface area contributed by atoms with E-state index in [-0.39, 0.29) is 11.5 Å². The van der Waals surface area contributed by atoms with E-state index in [1.165, 1.54) is 0 Å². The SMILES string of the molecule is Oc1ccccc1/N=C/c1c(O)c(Br)cc2oc3c(c12)CCCC3. The van der Waals surface area contributed by atoms with Crippen LogP contribution in [0.1, 0.15) is 29.7 Å². The van der Waals surface area contributed by atoms with Gasteiger partial charge in [0, 0.05) is 29.1 Å². The van der Waals surface area contributed by atoms with Gasteiger partial charge in [-0.1, -0.05) is 12.1 Å². The lowest BCUT2D eigenvalue weighted by atomic mass is 9.94. The number of aryl methyl sites for hydroxylation is 2. The molecule has 1 aliphatic carbocycles. The van der Waals surface area contributed by atoms with Gasteiger partial charge in [0.25, 0.3) is 0 Å². The van der Waals surface area contributed by atoms with Crippen molar-refractivity contribution in [2.24, 2.45) is 4.99 Å². The van der Waals surface area contributed by atoms with Crippen LogP contribution in [0.4, 0.5) is 5.69 Å². The number of hydrogen-bond donors (Lipinski definition) is 2. The number of phenols is 2. The first kappa shape index (κ1) is 15.3. The van der Waals surface area contributed by atoms with Gasteiger partial charge >= 0.3 is 0 Å². The van der Waals surface area contributed by atoms with Gasteiger partial charge in [-0.3, -0.25) is 4.99 Å². The Morgan fingerprint density at radius 2 is 1.92 bits per heavy atom. The topological polar surface area (TPSA) is 66.0 Å². The summed E-state index contributed by atoms with van der Waals surface area (Å²) in [6, 6.07) is 8.67. The number of aromatic hydroxyl groups is 2. The minimum absolute atomic E-state index is 0.105. The number of fused-ring (bicyclic) bond motifs is 3. The normalized spacial score (nSPS) is 14.4. The third-order valence-corrected chi connectivity index (χ3v) is 5.03. The van der Waals surface area contributed by atoms with Crippen LogP contribution in [0.5, 0.6) is 11.5 Å². The molecule has 1 aliphatic rings. The number of nitrogens with zero attached hydrogens (tertiary/aromatic N) is 1. The molecule has 1 heterocycles. The van der Waals surface area contributed by atoms with E-state index >= 15 is 0 Å². The predicted molar refractivity (Wildman–Crippen MR) is 97.6 cm³/mol. The van der Waals surface area contributed by atoms with Crippen LogP contribution in [0.2, 0.25) is 0 Å². The molecule has 0 unspecified atom stereocenters. The molecular formula is C19H16BrNO3. The monoisotopic (exact) mass is 385 g/mol. The molecule has 5 heteroatoms. The molecule has 0 saturated heterocycles. The third-order valence-electron chi connectivity index (χ3n) is 4.42. The molecule has 0 spiro atoms. The minimum atomic E-state index is 0.105. The van der Waals surface area contributed by atoms with Gasteiger partial charge < -0.3 is 14.6 Å². The molecule has 2 aromatic carbocycles. The Bertz CT molecular complexity index is 959. The van der Waals surface area contributed by atoms with Crippen LogP contribution in [0.25, 0.3) is 11.0 Å². The standard InChI is InChI=1S/C19H16BrNO3/c20-13-9-17-18(11-5-1-4-8-16(11)24-17)12(19(13)23)10-21-14-6-2-3-7-15(14)22/h2-3,6-7,9-10,22-23H,1,4-5,8H2/b21-10+. The summed E-state index contributed by atoms with van der Waals surface area (Å²) in [5.41, 5.74) is 3.00. The summed E-state index contributed by atoms with van der Waals surface area (Å²) in [4.78, 5) is 4.36. The van der Waals surface area contributed by atoms with Crippen molar-refractivity contribution in [1.29, 1.82) is 0 Å². The number of hydrogen-bond acceptors (Lipinski definition) is 4. The highest BCUT2D eigenvalue weighted by molar-refractivity contribution is 9.10. The number of furan rings is 1. The number of para-hydroxylation sites is 2. The molecule has 122 valence electrons. The quantitative estimate of drug-likeness (QED) is 0.593. The predicted octanol–water partition coefficient (Wildman–Crippen LogP) is 5.24. The number of phenolic OH excluding ortho intramolecular Hbond substituents is 2. The lowest BCUT2D eigenvalue weighted by Gasteiger charge is -2.10. The Morgan fingerprint density at radius 1 is 1.12 bits per heavy atom. The molecule has 4 rings (SSSR count). The Labute approximate surface area is 147 Å². The highest BCUT2D eigenvalue weighted by Gasteiger charge is 2.22. The highest BCUT2D eigenvalue weighted by Crippen LogP contribution is 2.40. The maximum atomic E-state index is 10.5. The summed E-state index contributed by atoms with van der Waals surface area (Å²) in [5.74, 6) is 1.25. The van der Waals surface area contributed by atoms with E-state index in [2.05, 4.69) is 20.9 Å². The van der Waals surface area contributed by atoms with Gasteiger partial charge in [-0.05, 0) is 53.4 Å². The van der Waals surface area contributed by atoms with Crippen molar-refractivity contribution in [2.75, 3.05) is 0 Å². The first-order chi connectivity index (χ1) is 11.6. The lowest BCUT2D eigenvalue weighted by Crippen LogP contribution is -1.99. The Balaban J connectivity index is 1.92. The van der Waals surface area contributed by atoms with Gasteiger partial charge in [-0.2, -0.15) is 0 Å². The van der Waals surface area contributed by atoms with Gasteiger partial charge in [0.1, 0.15) is 28.5 Å². The summed E-state index contributed by atoms with van der Waals surface area (Å²) in [7, 11) is 0. The fourth-order valence-corrected chi connectivity index (χ4v) is 3.67. The van der Waals surface area contributed by atoms with E-state index in [4.69, 9.17) is 4.42 Å². The second-order valence-corrected chi connectivity index (χ2v) is 6.81. The van der Waals surface area contributed by atoms with E-state index in [0.717, 1.165) is 48.0 Å². The molecule has 1 aromatic heterocycles. The fraction of sp³-hybridized carbons (Fsp3) is 0.211. The molecule has 4 nitrogen and oxygen atoms in total. The largest absolute Gasteiger partial charge is 0.506 e. The van der Waals surface area contributed by atoms with Crippen LogP contribution in [0.3, 0.4) is 0 Å². The van der Waals surface area contributed by atoms with Crippen LogP contribution >= 0.6 is 15.9 Å². The molecular weight excluding hydrogens is 370 g/mol. The van der Waals surface area contributed by atoms with E-state index in [0.29, 0.717) is 15.7 Å². The zero-order chi connectivity index (χ0) is 16.7. The summed E-state index contributed by atoms with van der Waals surface area (Å²) >= 11 is 3.38. The van der Waals surface area contributed by atoms with Gasteiger partial charge in [0.15, 0.2) is 0 Å². The lowest BCUT2D eigenvalue weighted by molar-refractivity contribution is 0.471. The molecule has 0 atom stereocenters. The van der Waals surface area contributed by atoms with E-state index in [9.17, 15) is 10.2 Å². The minimum Gasteiger partial charge on any atom is -0.506 e. The van der Waals surface area contributed by atoms with Gasteiger partial charge in [-0.25, -0.2) is 0 Å². The third kappa shape index (κ3) is 2.49. The van der Waals surface area contributed by atoms with Gasteiger partial charge in [0.2, 0.25) is 0 Å². The van der Waals surface area contributed by atoms with Gasteiger partial charge in [-0.15, -0.1) is 0 Å². The smallest absolute Gasteiger partial charge is 0.141 e. The van der Waals surface area contributed by atoms with Crippen molar-refractivity contribution in [2.45, 2.75) is 25.7 Å². The first-order valence-corrected chi connectivity index (χ1v) is 8.72. The van der Waals surface area contributed by atoms with Crippen LogP contribution in [-0.4, -0.2) is 16.4 Å². The summed E-state index contributed by atoms with van der Waals surface area (Å²) in [5, 5.41) is 21.3. The highest BCUT2D eigenvalue weighted by atomic mass is 79.9. The van der Waals surface area contributed by atoms with E-state index in [1.54, 1.807) is 30.5 Å². The zero-order valence-corrected chi connectivity index (χ0v) is 14.5. The van der Waals surface area contributed by atoms with Crippen molar-refractivity contribution < 1.29 is 14.6 Å². The second-order valence-electron chi connectivity index (χ2n) is 5.95. The average Bonchev–Trinajstić information content (AvgIpc) is 2.94. The molecule has 0 radical (unpaired) electrons. The maximum absolute atomic E-state index is 10.5. The Hall–Kier alpha value is -2.27. The maximum Gasteiger partial charge on any atom is 0.141 e. The number of benzene rings is 2. The van der Waals surface area contributed by atoms with Crippen molar-refractivity contribution in [3.63, 3.8) is 0 Å². The zero-order valence-electron chi connectivity index (χ0n) is 12.9. The van der Waals surface area contributed by atoms with Crippen LogP contribution in [0, 0.1) is 0 Å². The van der Waals surface area contributed by atoms with Crippen molar-refractivity contribution in [1.82, 2.24) is 0 Å². The molecule has 3 aromatic rings. The van der Waals surface area contributed by atoms with E-state index < -0.39 is 0 Å². The molecule has 0 saturated carbocycles. The fourth-order valence-electron chi connectivity index (χ4n) is 3.25. The Kier molecular flexibility index (Phi) is 3.81. The van der Waals surface area contributed by atoms with Crippen molar-refractivity contribution in [3.8, 4) is 11.5 Å². The molecule has 0 fully saturated rings. The summed E-state index contributed by atoms with van der Waals surface area (Å²) < 4.78 is 6.56. The summed E-state index contributed by atoms with van der Waals surface area (Å²) in [6.07, 6.45) is 5.72. The second kappa shape index (κ2) is 5.98. The molecule has 24 heavy (non-hydrogen) atoms. The summed E-state index contributed by atoms with van der Waals surface area (Å²) in [6.45, 7) is 0. The molecule has 2 N–H and O–H groups in total. The number of halogens is 1. The van der Waals surface area contributed by atoms with Crippen LogP contribution in [0.15, 0.2) is 44.2 Å². The van der Waals surface area contributed by atoms with Crippen LogP contribution in [-0.2, 0) is 12.8 Å².